The van der Waals surface area contributed by atoms with E-state index in [9.17, 15) is 19.1 Å². The summed E-state index contributed by atoms with van der Waals surface area (Å²) in [6.45, 7) is 0.0420. The van der Waals surface area contributed by atoms with Crippen molar-refractivity contribution >= 4 is 33.3 Å². The highest BCUT2D eigenvalue weighted by atomic mass is 32.3. The van der Waals surface area contributed by atoms with E-state index in [0.29, 0.717) is 17.7 Å². The fraction of sp³-hybridized carbons (Fsp3) is 0.222. The lowest BCUT2D eigenvalue weighted by Gasteiger charge is -2.13. The van der Waals surface area contributed by atoms with E-state index in [0.717, 1.165) is 17.3 Å². The fourth-order valence-corrected chi connectivity index (χ4v) is 3.28. The lowest BCUT2D eigenvalue weighted by molar-refractivity contribution is -0.118. The first-order valence-electron chi connectivity index (χ1n) is 8.38. The average Bonchev–Trinajstić information content (AvgIpc) is 2.97. The number of hydrogen-bond donors (Lipinski definition) is 4. The normalized spacial score (nSPS) is 17.0. The number of carbonyl (C=O) groups is 2. The molecule has 12 heteroatoms. The van der Waals surface area contributed by atoms with E-state index in [2.05, 4.69) is 5.32 Å². The van der Waals surface area contributed by atoms with E-state index < -0.39 is 21.8 Å². The van der Waals surface area contributed by atoms with E-state index in [1.807, 2.05) is 12.1 Å². The van der Waals surface area contributed by atoms with E-state index >= 15 is 0 Å². The topological polar surface area (TPSA) is 150 Å². The molecule has 1 aliphatic rings. The molecule has 1 fully saturated rings. The van der Waals surface area contributed by atoms with Crippen LogP contribution in [-0.2, 0) is 21.6 Å². The zero-order valence-corrected chi connectivity index (χ0v) is 16.9. The molecule has 162 valence electrons. The van der Waals surface area contributed by atoms with E-state index in [1.54, 1.807) is 12.1 Å². The van der Waals surface area contributed by atoms with Gasteiger partial charge >= 0.3 is 10.4 Å². The van der Waals surface area contributed by atoms with Crippen molar-refractivity contribution in [1.82, 2.24) is 5.32 Å². The average molecular weight is 459 g/mol. The minimum absolute atomic E-state index is 0.0420. The minimum atomic E-state index is -4.67. The van der Waals surface area contributed by atoms with Gasteiger partial charge in [0.2, 0.25) is 5.91 Å². The third-order valence-electron chi connectivity index (χ3n) is 3.77. The zero-order valence-electron chi connectivity index (χ0n) is 15.3. The first-order chi connectivity index (χ1) is 14.0. The van der Waals surface area contributed by atoms with Gasteiger partial charge in [0.1, 0.15) is 24.3 Å². The molecule has 2 atom stereocenters. The molecule has 2 aromatic carbocycles. The maximum atomic E-state index is 12.9. The monoisotopic (exact) mass is 459 g/mol. The summed E-state index contributed by atoms with van der Waals surface area (Å²) in [6.07, 6.45) is -0.398. The van der Waals surface area contributed by atoms with Gasteiger partial charge in [0.25, 0.3) is 5.24 Å². The Morgan fingerprint density at radius 2 is 1.63 bits per heavy atom. The highest BCUT2D eigenvalue weighted by Gasteiger charge is 2.31. The standard InChI is InChI=1S/C18H16FNO4S.H2O4S/c19-13-5-3-12(4-6-13)15(21)10-24-14-7-1-11(2-8-14)9-16-17(22)20-18(23)25-16;1-5(2,3)4/h1-8,15-16,21H,9-10H2,(H,20,22,23);(H2,1,2,3,4)/t15-,16?;/m0./s1. The Bertz CT molecular complexity index is 972. The molecule has 1 aliphatic heterocycles. The molecular weight excluding hydrogens is 441 g/mol. The number of hydrogen-bond acceptors (Lipinski definition) is 7. The maximum absolute atomic E-state index is 12.9. The number of amides is 2. The number of rotatable bonds is 6. The lowest BCUT2D eigenvalue weighted by atomic mass is 10.1. The zero-order chi connectivity index (χ0) is 22.3. The summed E-state index contributed by atoms with van der Waals surface area (Å²) in [5.74, 6) is -0.0504. The summed E-state index contributed by atoms with van der Waals surface area (Å²) in [4.78, 5) is 22.7. The number of aliphatic hydroxyl groups excluding tert-OH is 1. The summed E-state index contributed by atoms with van der Waals surface area (Å²) >= 11 is 0.995. The van der Waals surface area contributed by atoms with Crippen LogP contribution in [0.5, 0.6) is 5.75 Å². The summed E-state index contributed by atoms with van der Waals surface area (Å²) in [6, 6.07) is 12.7. The summed E-state index contributed by atoms with van der Waals surface area (Å²) in [7, 11) is -4.67. The van der Waals surface area contributed by atoms with Crippen LogP contribution in [0.1, 0.15) is 17.2 Å². The van der Waals surface area contributed by atoms with Crippen molar-refractivity contribution in [2.75, 3.05) is 6.61 Å². The van der Waals surface area contributed by atoms with Gasteiger partial charge in [-0.05, 0) is 41.8 Å². The molecule has 30 heavy (non-hydrogen) atoms. The quantitative estimate of drug-likeness (QED) is 0.477. The van der Waals surface area contributed by atoms with Crippen molar-refractivity contribution < 1.29 is 41.3 Å². The molecular formula is C18H18FNO8S2. The molecule has 9 nitrogen and oxygen atoms in total. The highest BCUT2D eigenvalue weighted by Crippen LogP contribution is 2.24. The maximum Gasteiger partial charge on any atom is 0.394 e. The first-order valence-corrected chi connectivity index (χ1v) is 10.7. The molecule has 1 saturated heterocycles. The molecule has 2 aromatic rings. The lowest BCUT2D eigenvalue weighted by Crippen LogP contribution is -2.25. The van der Waals surface area contributed by atoms with Crippen molar-refractivity contribution in [1.29, 1.82) is 0 Å². The van der Waals surface area contributed by atoms with Gasteiger partial charge in [-0.2, -0.15) is 8.42 Å². The number of halogens is 1. The van der Waals surface area contributed by atoms with Crippen molar-refractivity contribution in [3.63, 3.8) is 0 Å². The Labute approximate surface area is 175 Å². The van der Waals surface area contributed by atoms with E-state index in [4.69, 9.17) is 22.3 Å². The minimum Gasteiger partial charge on any atom is -0.491 e. The van der Waals surface area contributed by atoms with Gasteiger partial charge in [0.05, 0.1) is 5.25 Å². The van der Waals surface area contributed by atoms with Gasteiger partial charge in [-0.1, -0.05) is 36.0 Å². The SMILES string of the molecule is O=C1NC(=O)C(Cc2ccc(OC[C@H](O)c3ccc(F)cc3)cc2)S1.O=S(=O)(O)O. The Hall–Kier alpha value is -2.51. The summed E-state index contributed by atoms with van der Waals surface area (Å²) in [5.41, 5.74) is 1.49. The van der Waals surface area contributed by atoms with Crippen molar-refractivity contribution in [2.45, 2.75) is 17.8 Å². The molecule has 4 N–H and O–H groups in total. The van der Waals surface area contributed by atoms with Gasteiger partial charge in [-0.25, -0.2) is 4.39 Å². The molecule has 0 bridgehead atoms. The van der Waals surface area contributed by atoms with Crippen LogP contribution in [-0.4, -0.2) is 45.6 Å². The number of thioether (sulfide) groups is 1. The van der Waals surface area contributed by atoms with Crippen LogP contribution in [0.25, 0.3) is 0 Å². The van der Waals surface area contributed by atoms with E-state index in [1.165, 1.54) is 24.3 Å². The molecule has 0 aromatic heterocycles. The molecule has 0 radical (unpaired) electrons. The number of ether oxygens (including phenoxy) is 1. The van der Waals surface area contributed by atoms with Gasteiger partial charge in [0, 0.05) is 0 Å². The number of imide groups is 1. The summed E-state index contributed by atoms with van der Waals surface area (Å²) < 4.78 is 50.0. The van der Waals surface area contributed by atoms with Crippen LogP contribution in [0.4, 0.5) is 9.18 Å². The smallest absolute Gasteiger partial charge is 0.394 e. The van der Waals surface area contributed by atoms with Gasteiger partial charge in [-0.15, -0.1) is 0 Å². The fourth-order valence-electron chi connectivity index (χ4n) is 2.42. The molecule has 2 amide bonds. The number of nitrogens with one attached hydrogen (secondary N) is 1. The molecule has 0 spiro atoms. The molecule has 0 saturated carbocycles. The Morgan fingerprint density at radius 3 is 2.13 bits per heavy atom. The van der Waals surface area contributed by atoms with Crippen LogP contribution in [0.15, 0.2) is 48.5 Å². The van der Waals surface area contributed by atoms with Crippen LogP contribution in [0.2, 0.25) is 0 Å². The molecule has 0 aliphatic carbocycles. The molecule has 1 heterocycles. The second-order valence-electron chi connectivity index (χ2n) is 6.06. The number of aliphatic hydroxyl groups is 1. The molecule has 1 unspecified atom stereocenters. The number of benzene rings is 2. The van der Waals surface area contributed by atoms with E-state index in [-0.39, 0.29) is 23.6 Å². The highest BCUT2D eigenvalue weighted by molar-refractivity contribution is 8.15. The predicted octanol–water partition coefficient (Wildman–Crippen LogP) is 2.18. The van der Waals surface area contributed by atoms with Crippen molar-refractivity contribution in [3.05, 3.63) is 65.5 Å². The van der Waals surface area contributed by atoms with Crippen LogP contribution >= 0.6 is 11.8 Å². The third-order valence-corrected chi connectivity index (χ3v) is 4.76. The first kappa shape index (κ1) is 23.8. The van der Waals surface area contributed by atoms with Gasteiger partial charge < -0.3 is 9.84 Å². The van der Waals surface area contributed by atoms with Gasteiger partial charge in [-0.3, -0.25) is 24.0 Å². The van der Waals surface area contributed by atoms with Crippen molar-refractivity contribution in [3.8, 4) is 5.75 Å². The van der Waals surface area contributed by atoms with Crippen molar-refractivity contribution in [2.24, 2.45) is 0 Å². The third kappa shape index (κ3) is 8.47. The summed E-state index contributed by atoms with van der Waals surface area (Å²) in [5, 5.41) is 11.6. The second-order valence-corrected chi connectivity index (χ2v) is 8.13. The van der Waals surface area contributed by atoms with Crippen LogP contribution < -0.4 is 10.1 Å². The van der Waals surface area contributed by atoms with Crippen LogP contribution in [0, 0.1) is 5.82 Å². The molecule has 3 rings (SSSR count). The largest absolute Gasteiger partial charge is 0.491 e. The Balaban J connectivity index is 0.000000575. The second kappa shape index (κ2) is 10.5. The number of carbonyl (C=O) groups excluding carboxylic acids is 2. The van der Waals surface area contributed by atoms with Crippen LogP contribution in [0.3, 0.4) is 0 Å². The van der Waals surface area contributed by atoms with Gasteiger partial charge in [0.15, 0.2) is 0 Å². The Kier molecular flexibility index (Phi) is 8.32. The Morgan fingerprint density at radius 1 is 1.07 bits per heavy atom. The predicted molar refractivity (Wildman–Crippen MR) is 106 cm³/mol.